The van der Waals surface area contributed by atoms with Crippen molar-refractivity contribution in [3.8, 4) is 0 Å². The van der Waals surface area contributed by atoms with Crippen LogP contribution < -0.4 is 0 Å². The number of benzene rings is 1. The zero-order valence-electron chi connectivity index (χ0n) is 8.73. The van der Waals surface area contributed by atoms with Crippen LogP contribution in [0, 0.1) is 0 Å². The molecule has 2 rings (SSSR count). The fourth-order valence-corrected chi connectivity index (χ4v) is 1.56. The first kappa shape index (κ1) is 10.4. The van der Waals surface area contributed by atoms with Gasteiger partial charge in [0.1, 0.15) is 11.1 Å². The van der Waals surface area contributed by atoms with E-state index in [1.54, 1.807) is 31.2 Å². The minimum atomic E-state index is -0.533. The quantitative estimate of drug-likeness (QED) is 0.586. The third kappa shape index (κ3) is 1.58. The Labute approximate surface area is 91.8 Å². The lowest BCUT2D eigenvalue weighted by molar-refractivity contribution is 0.0525. The number of carbonyl (C=O) groups is 2. The molecule has 1 aromatic heterocycles. The van der Waals surface area contributed by atoms with Crippen LogP contribution in [0.15, 0.2) is 28.7 Å². The first-order valence-electron chi connectivity index (χ1n) is 4.91. The fraction of sp³-hybridized carbons (Fsp3) is 0.167. The summed E-state index contributed by atoms with van der Waals surface area (Å²) in [7, 11) is 0. The maximum Gasteiger partial charge on any atom is 0.342 e. The summed E-state index contributed by atoms with van der Waals surface area (Å²) < 4.78 is 10.1. The Bertz CT molecular complexity index is 539. The highest BCUT2D eigenvalue weighted by atomic mass is 16.5. The van der Waals surface area contributed by atoms with E-state index in [1.807, 2.05) is 0 Å². The third-order valence-electron chi connectivity index (χ3n) is 2.21. The van der Waals surface area contributed by atoms with Gasteiger partial charge in [0.2, 0.25) is 0 Å². The molecule has 0 N–H and O–H groups in total. The van der Waals surface area contributed by atoms with Crippen LogP contribution in [0.2, 0.25) is 0 Å². The largest absolute Gasteiger partial charge is 0.462 e. The molecule has 0 spiro atoms. The van der Waals surface area contributed by atoms with Crippen molar-refractivity contribution in [3.63, 3.8) is 0 Å². The Morgan fingerprint density at radius 2 is 2.19 bits per heavy atom. The molecule has 4 heteroatoms. The monoisotopic (exact) mass is 218 g/mol. The van der Waals surface area contributed by atoms with Crippen molar-refractivity contribution in [1.29, 1.82) is 0 Å². The van der Waals surface area contributed by atoms with Gasteiger partial charge in [-0.15, -0.1) is 0 Å². The first-order valence-corrected chi connectivity index (χ1v) is 4.91. The minimum absolute atomic E-state index is 0.0136. The third-order valence-corrected chi connectivity index (χ3v) is 2.21. The van der Waals surface area contributed by atoms with E-state index >= 15 is 0 Å². The van der Waals surface area contributed by atoms with Crippen LogP contribution in [-0.4, -0.2) is 18.9 Å². The molecule has 4 nitrogen and oxygen atoms in total. The van der Waals surface area contributed by atoms with E-state index in [0.29, 0.717) is 17.3 Å². The molecular weight excluding hydrogens is 208 g/mol. The number of para-hydroxylation sites is 1. The Morgan fingerprint density at radius 1 is 1.44 bits per heavy atom. The fourth-order valence-electron chi connectivity index (χ4n) is 1.56. The van der Waals surface area contributed by atoms with Crippen molar-refractivity contribution in [3.05, 3.63) is 35.6 Å². The lowest BCUT2D eigenvalue weighted by Gasteiger charge is -1.99. The summed E-state index contributed by atoms with van der Waals surface area (Å²) in [6, 6.07) is 6.97. The number of ether oxygens (including phenoxy) is 1. The van der Waals surface area contributed by atoms with Crippen molar-refractivity contribution >= 4 is 23.2 Å². The van der Waals surface area contributed by atoms with Gasteiger partial charge < -0.3 is 9.15 Å². The molecule has 0 fully saturated rings. The molecule has 0 unspecified atom stereocenters. The zero-order chi connectivity index (χ0) is 11.5. The van der Waals surface area contributed by atoms with Crippen molar-refractivity contribution < 1.29 is 18.7 Å². The second kappa shape index (κ2) is 4.18. The van der Waals surface area contributed by atoms with E-state index in [0.717, 1.165) is 0 Å². The van der Waals surface area contributed by atoms with Crippen LogP contribution in [0.4, 0.5) is 0 Å². The van der Waals surface area contributed by atoms with Crippen molar-refractivity contribution in [1.82, 2.24) is 0 Å². The molecule has 0 amide bonds. The number of carbonyl (C=O) groups excluding carboxylic acids is 2. The maximum atomic E-state index is 11.7. The van der Waals surface area contributed by atoms with Gasteiger partial charge >= 0.3 is 5.97 Å². The van der Waals surface area contributed by atoms with Gasteiger partial charge in [-0.1, -0.05) is 18.2 Å². The number of furan rings is 1. The van der Waals surface area contributed by atoms with Gasteiger partial charge in [-0.05, 0) is 13.0 Å². The van der Waals surface area contributed by atoms with Crippen LogP contribution >= 0.6 is 0 Å². The molecule has 0 atom stereocenters. The highest BCUT2D eigenvalue weighted by Crippen LogP contribution is 2.25. The summed E-state index contributed by atoms with van der Waals surface area (Å²) in [5.74, 6) is -0.519. The minimum Gasteiger partial charge on any atom is -0.462 e. The van der Waals surface area contributed by atoms with Crippen LogP contribution in [0.25, 0.3) is 11.0 Å². The average molecular weight is 218 g/mol. The van der Waals surface area contributed by atoms with Gasteiger partial charge in [-0.25, -0.2) is 4.79 Å². The highest BCUT2D eigenvalue weighted by Gasteiger charge is 2.20. The van der Waals surface area contributed by atoms with Gasteiger partial charge in [0.15, 0.2) is 12.0 Å². The predicted octanol–water partition coefficient (Wildman–Crippen LogP) is 2.42. The zero-order valence-corrected chi connectivity index (χ0v) is 8.73. The lowest BCUT2D eigenvalue weighted by atomic mass is 10.1. The molecule has 0 bridgehead atoms. The summed E-state index contributed by atoms with van der Waals surface area (Å²) in [5, 5.41) is 0.600. The van der Waals surface area contributed by atoms with Gasteiger partial charge in [-0.2, -0.15) is 0 Å². The molecule has 82 valence electrons. The Morgan fingerprint density at radius 3 is 2.88 bits per heavy atom. The van der Waals surface area contributed by atoms with E-state index in [-0.39, 0.29) is 17.9 Å². The van der Waals surface area contributed by atoms with E-state index in [2.05, 4.69) is 0 Å². The number of aldehydes is 1. The molecule has 0 radical (unpaired) electrons. The van der Waals surface area contributed by atoms with E-state index in [9.17, 15) is 9.59 Å². The molecule has 16 heavy (non-hydrogen) atoms. The number of hydrogen-bond acceptors (Lipinski definition) is 4. The number of fused-ring (bicyclic) bond motifs is 1. The van der Waals surface area contributed by atoms with Crippen LogP contribution in [0.3, 0.4) is 0 Å². The molecule has 0 aliphatic rings. The van der Waals surface area contributed by atoms with Crippen LogP contribution in [-0.2, 0) is 4.74 Å². The normalized spacial score (nSPS) is 10.3. The number of rotatable bonds is 3. The van der Waals surface area contributed by atoms with Gasteiger partial charge in [-0.3, -0.25) is 4.79 Å². The maximum absolute atomic E-state index is 11.7. The topological polar surface area (TPSA) is 56.5 Å². The first-order chi connectivity index (χ1) is 7.77. The number of esters is 1. The summed E-state index contributed by atoms with van der Waals surface area (Å²) in [5.41, 5.74) is 0.708. The van der Waals surface area contributed by atoms with E-state index in [4.69, 9.17) is 9.15 Å². The number of hydrogen-bond donors (Lipinski definition) is 0. The van der Waals surface area contributed by atoms with Crippen LogP contribution in [0.5, 0.6) is 0 Å². The lowest BCUT2D eigenvalue weighted by Crippen LogP contribution is -2.06. The smallest absolute Gasteiger partial charge is 0.342 e. The van der Waals surface area contributed by atoms with E-state index in [1.165, 1.54) is 0 Å². The van der Waals surface area contributed by atoms with Crippen molar-refractivity contribution in [2.45, 2.75) is 6.92 Å². The second-order valence-corrected chi connectivity index (χ2v) is 3.18. The summed E-state index contributed by atoms with van der Waals surface area (Å²) >= 11 is 0. The average Bonchev–Trinajstić information content (AvgIpc) is 2.67. The molecule has 2 aromatic rings. The van der Waals surface area contributed by atoms with Crippen LogP contribution in [0.1, 0.15) is 27.8 Å². The standard InChI is InChI=1S/C12H10O4/c1-2-15-12(14)11-8-5-3-4-6-9(8)16-10(11)7-13/h3-7H,2H2,1H3. The molecule has 0 aliphatic carbocycles. The molecule has 0 saturated carbocycles. The summed E-state index contributed by atoms with van der Waals surface area (Å²) in [6.45, 7) is 1.97. The van der Waals surface area contributed by atoms with Crippen molar-refractivity contribution in [2.24, 2.45) is 0 Å². The Hall–Kier alpha value is -2.10. The van der Waals surface area contributed by atoms with Gasteiger partial charge in [0.05, 0.1) is 6.61 Å². The summed E-state index contributed by atoms with van der Waals surface area (Å²) in [6.07, 6.45) is 0.520. The Kier molecular flexibility index (Phi) is 2.72. The van der Waals surface area contributed by atoms with Gasteiger partial charge in [0, 0.05) is 5.39 Å². The molecule has 0 aliphatic heterocycles. The summed E-state index contributed by atoms with van der Waals surface area (Å²) in [4.78, 5) is 22.5. The van der Waals surface area contributed by atoms with Crippen molar-refractivity contribution in [2.75, 3.05) is 6.61 Å². The SMILES string of the molecule is CCOC(=O)c1c(C=O)oc2ccccc12. The predicted molar refractivity (Wildman–Crippen MR) is 57.6 cm³/mol. The van der Waals surface area contributed by atoms with Gasteiger partial charge in [0.25, 0.3) is 0 Å². The molecule has 1 heterocycles. The molecule has 1 aromatic carbocycles. The second-order valence-electron chi connectivity index (χ2n) is 3.18. The molecular formula is C12H10O4. The Balaban J connectivity index is 2.64. The molecule has 0 saturated heterocycles. The highest BCUT2D eigenvalue weighted by molar-refractivity contribution is 6.08. The van der Waals surface area contributed by atoms with E-state index < -0.39 is 5.97 Å².